The number of hydrogen-bond donors (Lipinski definition) is 2. The van der Waals surface area contributed by atoms with E-state index in [1.165, 1.54) is 23.9 Å². The Morgan fingerprint density at radius 1 is 1.25 bits per heavy atom. The summed E-state index contributed by atoms with van der Waals surface area (Å²) in [7, 11) is 1.94. The number of rotatable bonds is 6. The lowest BCUT2D eigenvalue weighted by atomic mass is 9.89. The molecule has 0 amide bonds. The van der Waals surface area contributed by atoms with Crippen molar-refractivity contribution in [1.29, 1.82) is 0 Å². The molecule has 1 saturated heterocycles. The lowest BCUT2D eigenvalue weighted by molar-refractivity contribution is 0.0527. The number of benzene rings is 2. The largest absolute Gasteiger partial charge is 0.508 e. The Hall–Kier alpha value is -2.22. The summed E-state index contributed by atoms with van der Waals surface area (Å²) in [5, 5.41) is 14.9. The lowest BCUT2D eigenvalue weighted by Gasteiger charge is -2.24. The zero-order valence-corrected chi connectivity index (χ0v) is 19.8. The number of nitrogens with one attached hydrogen (secondary N) is 1. The number of fused-ring (bicyclic) bond motifs is 1. The molecule has 0 spiro atoms. The summed E-state index contributed by atoms with van der Waals surface area (Å²) in [6.07, 6.45) is 1.95. The first-order valence-electron chi connectivity index (χ1n) is 10.6. The van der Waals surface area contributed by atoms with E-state index in [0.717, 1.165) is 47.6 Å². The fourth-order valence-corrected chi connectivity index (χ4v) is 5.25. The van der Waals surface area contributed by atoms with Gasteiger partial charge in [-0.2, -0.15) is 0 Å². The van der Waals surface area contributed by atoms with Gasteiger partial charge in [0.1, 0.15) is 11.6 Å². The number of ether oxygens (including phenoxy) is 1. The maximum Gasteiger partial charge on any atom is 0.340 e. The van der Waals surface area contributed by atoms with Crippen molar-refractivity contribution in [2.45, 2.75) is 36.3 Å². The number of thioether (sulfide) groups is 1. The highest BCUT2D eigenvalue weighted by Gasteiger charge is 2.26. The third-order valence-electron chi connectivity index (χ3n) is 5.92. The van der Waals surface area contributed by atoms with Gasteiger partial charge in [0.2, 0.25) is 0 Å². The molecule has 0 saturated carbocycles. The van der Waals surface area contributed by atoms with Gasteiger partial charge in [0.25, 0.3) is 0 Å². The Morgan fingerprint density at radius 2 is 1.94 bits per heavy atom. The van der Waals surface area contributed by atoms with Gasteiger partial charge in [-0.1, -0.05) is 0 Å². The first-order valence-corrected chi connectivity index (χ1v) is 11.6. The van der Waals surface area contributed by atoms with Crippen LogP contribution in [-0.2, 0) is 17.5 Å². The number of aromatic hydroxyl groups is 1. The highest BCUT2D eigenvalue weighted by atomic mass is 35.5. The predicted molar refractivity (Wildman–Crippen MR) is 129 cm³/mol. The third kappa shape index (κ3) is 4.90. The zero-order chi connectivity index (χ0) is 22.0. The maximum absolute atomic E-state index is 13.2. The Balaban J connectivity index is 0.00000289. The molecule has 1 fully saturated rings. The average Bonchev–Trinajstić information content (AvgIpc) is 3.04. The van der Waals surface area contributed by atoms with Crippen LogP contribution >= 0.6 is 24.2 Å². The molecule has 8 heteroatoms. The summed E-state index contributed by atoms with van der Waals surface area (Å²) >= 11 is 1.53. The molecular weight excluding hydrogens is 451 g/mol. The van der Waals surface area contributed by atoms with Crippen molar-refractivity contribution in [3.8, 4) is 5.75 Å². The van der Waals surface area contributed by atoms with Gasteiger partial charge < -0.3 is 19.7 Å². The normalized spacial score (nSPS) is 14.3. The topological polar surface area (TPSA) is 63.5 Å². The number of aromatic nitrogens is 1. The molecule has 1 aromatic heterocycles. The van der Waals surface area contributed by atoms with E-state index in [-0.39, 0.29) is 30.6 Å². The lowest BCUT2D eigenvalue weighted by Crippen LogP contribution is -2.26. The van der Waals surface area contributed by atoms with Gasteiger partial charge in [-0.3, -0.25) is 0 Å². The van der Waals surface area contributed by atoms with E-state index in [1.54, 1.807) is 25.1 Å². The van der Waals surface area contributed by atoms with Crippen LogP contribution in [0.4, 0.5) is 4.39 Å². The molecule has 32 heavy (non-hydrogen) atoms. The van der Waals surface area contributed by atoms with Gasteiger partial charge >= 0.3 is 5.97 Å². The average molecular weight is 479 g/mol. The number of piperidine rings is 1. The van der Waals surface area contributed by atoms with E-state index in [9.17, 15) is 14.3 Å². The van der Waals surface area contributed by atoms with E-state index >= 15 is 0 Å². The summed E-state index contributed by atoms with van der Waals surface area (Å²) in [4.78, 5) is 13.8. The number of aryl methyl sites for hydroxylation is 1. The number of phenols is 1. The molecule has 0 radical (unpaired) electrons. The first kappa shape index (κ1) is 24.4. The van der Waals surface area contributed by atoms with Crippen molar-refractivity contribution in [3.05, 3.63) is 59.0 Å². The standard InChI is InChI=1S/C24H27FN2O3S.ClH/c1-3-30-24(29)23-19-13-22(28)18(15-8-10-26-11-9-15)12-20(19)27(2)21(23)14-31-17-6-4-16(25)5-7-17;/h4-7,12-13,15,26,28H,3,8-11,14H2,1-2H3;1H. The summed E-state index contributed by atoms with van der Waals surface area (Å²) < 4.78 is 20.6. The van der Waals surface area contributed by atoms with Crippen LogP contribution in [0.15, 0.2) is 41.3 Å². The third-order valence-corrected chi connectivity index (χ3v) is 6.94. The Morgan fingerprint density at radius 3 is 2.59 bits per heavy atom. The number of carbonyl (C=O) groups is 1. The van der Waals surface area contributed by atoms with Crippen molar-refractivity contribution in [3.63, 3.8) is 0 Å². The quantitative estimate of drug-likeness (QED) is 0.368. The van der Waals surface area contributed by atoms with Crippen LogP contribution in [0.3, 0.4) is 0 Å². The monoisotopic (exact) mass is 478 g/mol. The van der Waals surface area contributed by atoms with Crippen molar-refractivity contribution < 1.29 is 19.0 Å². The molecule has 4 rings (SSSR count). The Bertz CT molecular complexity index is 1100. The molecule has 2 heterocycles. The second kappa shape index (κ2) is 10.6. The fourth-order valence-electron chi connectivity index (χ4n) is 4.28. The zero-order valence-electron chi connectivity index (χ0n) is 18.2. The summed E-state index contributed by atoms with van der Waals surface area (Å²) in [5.74, 6) is 0.379. The Labute approximate surface area is 197 Å². The van der Waals surface area contributed by atoms with Crippen molar-refractivity contribution in [2.24, 2.45) is 7.05 Å². The molecule has 0 atom stereocenters. The smallest absolute Gasteiger partial charge is 0.340 e. The van der Waals surface area contributed by atoms with Crippen molar-refractivity contribution in [2.75, 3.05) is 19.7 Å². The maximum atomic E-state index is 13.2. The van der Waals surface area contributed by atoms with Crippen molar-refractivity contribution in [1.82, 2.24) is 9.88 Å². The van der Waals surface area contributed by atoms with E-state index in [4.69, 9.17) is 4.74 Å². The van der Waals surface area contributed by atoms with Gasteiger partial charge in [-0.15, -0.1) is 24.2 Å². The number of esters is 1. The van der Waals surface area contributed by atoms with E-state index in [0.29, 0.717) is 22.6 Å². The summed E-state index contributed by atoms with van der Waals surface area (Å²) in [6.45, 7) is 3.92. The number of hydrogen-bond acceptors (Lipinski definition) is 5. The van der Waals surface area contributed by atoms with E-state index < -0.39 is 5.97 Å². The van der Waals surface area contributed by atoms with Crippen molar-refractivity contribution >= 4 is 41.0 Å². The predicted octanol–water partition coefficient (Wildman–Crippen LogP) is 5.38. The summed E-state index contributed by atoms with van der Waals surface area (Å²) in [5.41, 5.74) is 3.15. The van der Waals surface area contributed by atoms with Crippen LogP contribution in [0.5, 0.6) is 5.75 Å². The Kier molecular flexibility index (Phi) is 8.09. The SMILES string of the molecule is CCOC(=O)c1c(CSc2ccc(F)cc2)n(C)c2cc(C3CCNCC3)c(O)cc12.Cl. The summed E-state index contributed by atoms with van der Waals surface area (Å²) in [6, 6.07) is 10.1. The molecule has 1 aliphatic heterocycles. The van der Waals surface area contributed by atoms with Crippen LogP contribution in [0.2, 0.25) is 0 Å². The molecule has 5 nitrogen and oxygen atoms in total. The molecule has 1 aliphatic rings. The molecule has 3 aromatic rings. The molecule has 0 unspecified atom stereocenters. The second-order valence-electron chi connectivity index (χ2n) is 7.80. The molecule has 2 aromatic carbocycles. The van der Waals surface area contributed by atoms with E-state index in [1.807, 2.05) is 17.7 Å². The van der Waals surface area contributed by atoms with Crippen LogP contribution in [0, 0.1) is 5.82 Å². The fraction of sp³-hybridized carbons (Fsp3) is 0.375. The minimum atomic E-state index is -0.392. The number of phenolic OH excluding ortho intramolecular Hbond substituents is 1. The minimum absolute atomic E-state index is 0. The molecule has 2 N–H and O–H groups in total. The molecule has 0 bridgehead atoms. The van der Waals surface area contributed by atoms with Crippen LogP contribution in [0.25, 0.3) is 10.9 Å². The van der Waals surface area contributed by atoms with Gasteiger partial charge in [0.15, 0.2) is 0 Å². The second-order valence-corrected chi connectivity index (χ2v) is 8.84. The number of halogens is 2. The number of nitrogens with zero attached hydrogens (tertiary/aromatic N) is 1. The molecular formula is C24H28ClFN2O3S. The molecule has 172 valence electrons. The minimum Gasteiger partial charge on any atom is -0.508 e. The van der Waals surface area contributed by atoms with E-state index in [2.05, 4.69) is 5.32 Å². The van der Waals surface area contributed by atoms with Gasteiger partial charge in [0, 0.05) is 34.3 Å². The number of carbonyl (C=O) groups excluding carboxylic acids is 1. The highest BCUT2D eigenvalue weighted by Crippen LogP contribution is 2.39. The van der Waals surface area contributed by atoms with Gasteiger partial charge in [-0.05, 0) is 80.7 Å². The van der Waals surface area contributed by atoms with Gasteiger partial charge in [0.05, 0.1) is 12.2 Å². The molecule has 0 aliphatic carbocycles. The highest BCUT2D eigenvalue weighted by molar-refractivity contribution is 7.98. The van der Waals surface area contributed by atoms with Gasteiger partial charge in [-0.25, -0.2) is 9.18 Å². The van der Waals surface area contributed by atoms with Crippen LogP contribution < -0.4 is 5.32 Å². The first-order chi connectivity index (χ1) is 15.0. The van der Waals surface area contributed by atoms with Crippen LogP contribution in [0.1, 0.15) is 47.3 Å². The van der Waals surface area contributed by atoms with Crippen LogP contribution in [-0.4, -0.2) is 35.3 Å².